The van der Waals surface area contributed by atoms with Crippen LogP contribution in [0.15, 0.2) is 36.5 Å². The molecule has 0 radical (unpaired) electrons. The van der Waals surface area contributed by atoms with E-state index in [-0.39, 0.29) is 6.04 Å². The Bertz CT molecular complexity index is 819. The quantitative estimate of drug-likeness (QED) is 0.803. The van der Waals surface area contributed by atoms with E-state index >= 15 is 0 Å². The molecule has 1 N–H and O–H groups in total. The first kappa shape index (κ1) is 17.9. The van der Waals surface area contributed by atoms with Crippen molar-refractivity contribution in [3.63, 3.8) is 0 Å². The maximum absolute atomic E-state index is 11.3. The molecule has 1 aliphatic rings. The molecule has 1 aromatic carbocycles. The van der Waals surface area contributed by atoms with Gasteiger partial charge in [0.1, 0.15) is 5.75 Å². The molecule has 0 saturated heterocycles. The number of benzene rings is 1. The van der Waals surface area contributed by atoms with Crippen LogP contribution in [-0.2, 0) is 23.1 Å². The molecule has 2 heterocycles. The van der Waals surface area contributed by atoms with Crippen molar-refractivity contribution in [2.45, 2.75) is 25.6 Å². The number of rotatable bonds is 7. The molecule has 0 aliphatic carbocycles. The fourth-order valence-corrected chi connectivity index (χ4v) is 3.77. The second-order valence-corrected chi connectivity index (χ2v) is 8.19. The van der Waals surface area contributed by atoms with Gasteiger partial charge in [0.2, 0.25) is 10.0 Å². The van der Waals surface area contributed by atoms with E-state index in [1.165, 1.54) is 6.26 Å². The molecule has 25 heavy (non-hydrogen) atoms. The number of aromatic nitrogens is 2. The lowest BCUT2D eigenvalue weighted by molar-refractivity contribution is 0.160. The number of fused-ring (bicyclic) bond motifs is 1. The number of hydrogen-bond acceptors (Lipinski definition) is 5. The summed E-state index contributed by atoms with van der Waals surface area (Å²) in [6.07, 6.45) is 3.68. The fourth-order valence-electron chi connectivity index (χ4n) is 3.28. The monoisotopic (exact) mass is 364 g/mol. The topological polar surface area (TPSA) is 76.5 Å². The number of methoxy groups -OCH3 is 1. The van der Waals surface area contributed by atoms with Crippen molar-refractivity contribution in [2.75, 3.05) is 26.5 Å². The zero-order chi connectivity index (χ0) is 17.9. The Hall–Kier alpha value is -1.90. The summed E-state index contributed by atoms with van der Waals surface area (Å²) < 4.78 is 32.6. The largest absolute Gasteiger partial charge is 0.496 e. The second-order valence-electron chi connectivity index (χ2n) is 6.36. The standard InChI is InChI=1S/C17H24N4O3S/c1-24-17-6-4-3-5-14(17)11-20-12-15-7-9-18-21(15)16(13-20)8-10-19-25(2,22)23/h3-7,9,16,19H,8,10-13H2,1-2H3. The first-order valence-electron chi connectivity index (χ1n) is 8.27. The number of nitrogens with one attached hydrogen (secondary N) is 1. The van der Waals surface area contributed by atoms with Gasteiger partial charge < -0.3 is 4.74 Å². The third kappa shape index (κ3) is 4.59. The SMILES string of the molecule is COc1ccccc1CN1Cc2ccnn2C(CCNS(C)(=O)=O)C1. The molecule has 136 valence electrons. The van der Waals surface area contributed by atoms with E-state index in [4.69, 9.17) is 4.74 Å². The Labute approximate surface area is 148 Å². The average Bonchev–Trinajstić information content (AvgIpc) is 3.03. The lowest BCUT2D eigenvalue weighted by Crippen LogP contribution is -2.38. The summed E-state index contributed by atoms with van der Waals surface area (Å²) in [7, 11) is -1.49. The number of hydrogen-bond donors (Lipinski definition) is 1. The minimum atomic E-state index is -3.17. The van der Waals surface area contributed by atoms with Crippen molar-refractivity contribution in [3.8, 4) is 5.75 Å². The summed E-state index contributed by atoms with van der Waals surface area (Å²) in [4.78, 5) is 2.35. The second kappa shape index (κ2) is 7.55. The molecule has 0 spiro atoms. The van der Waals surface area contributed by atoms with Crippen molar-refractivity contribution in [3.05, 3.63) is 47.8 Å². The van der Waals surface area contributed by atoms with Gasteiger partial charge in [-0.2, -0.15) is 5.10 Å². The highest BCUT2D eigenvalue weighted by atomic mass is 32.2. The van der Waals surface area contributed by atoms with Gasteiger partial charge in [-0.3, -0.25) is 9.58 Å². The minimum absolute atomic E-state index is 0.141. The van der Waals surface area contributed by atoms with Gasteiger partial charge in [-0.15, -0.1) is 0 Å². The Balaban J connectivity index is 1.71. The summed E-state index contributed by atoms with van der Waals surface area (Å²) in [5.41, 5.74) is 2.29. The maximum Gasteiger partial charge on any atom is 0.208 e. The highest BCUT2D eigenvalue weighted by molar-refractivity contribution is 7.88. The van der Waals surface area contributed by atoms with Crippen molar-refractivity contribution < 1.29 is 13.2 Å². The van der Waals surface area contributed by atoms with Crippen LogP contribution in [0.3, 0.4) is 0 Å². The van der Waals surface area contributed by atoms with Crippen LogP contribution in [-0.4, -0.2) is 49.6 Å². The summed E-state index contributed by atoms with van der Waals surface area (Å²) in [6, 6.07) is 10.2. The molecule has 0 saturated carbocycles. The maximum atomic E-state index is 11.3. The lowest BCUT2D eigenvalue weighted by Gasteiger charge is -2.34. The molecular formula is C17H24N4O3S. The van der Waals surface area contributed by atoms with E-state index in [0.717, 1.165) is 36.6 Å². The van der Waals surface area contributed by atoms with Crippen LogP contribution in [0.25, 0.3) is 0 Å². The van der Waals surface area contributed by atoms with Gasteiger partial charge in [0, 0.05) is 37.9 Å². The number of sulfonamides is 1. The zero-order valence-corrected chi connectivity index (χ0v) is 15.4. The zero-order valence-electron chi connectivity index (χ0n) is 14.6. The highest BCUT2D eigenvalue weighted by Gasteiger charge is 2.26. The van der Waals surface area contributed by atoms with E-state index in [1.54, 1.807) is 13.3 Å². The molecule has 1 aromatic heterocycles. The smallest absolute Gasteiger partial charge is 0.208 e. The molecule has 0 fully saturated rings. The minimum Gasteiger partial charge on any atom is -0.496 e. The molecule has 1 unspecified atom stereocenters. The Kier molecular flexibility index (Phi) is 5.41. The number of para-hydroxylation sites is 1. The number of ether oxygens (including phenoxy) is 1. The third-order valence-electron chi connectivity index (χ3n) is 4.38. The van der Waals surface area contributed by atoms with Crippen molar-refractivity contribution in [1.82, 2.24) is 19.4 Å². The van der Waals surface area contributed by atoms with Crippen molar-refractivity contribution in [2.24, 2.45) is 0 Å². The molecule has 3 rings (SSSR count). The van der Waals surface area contributed by atoms with Crippen LogP contribution < -0.4 is 9.46 Å². The van der Waals surface area contributed by atoms with Crippen LogP contribution in [0.4, 0.5) is 0 Å². The third-order valence-corrected chi connectivity index (χ3v) is 5.11. The normalized spacial score (nSPS) is 18.1. The van der Waals surface area contributed by atoms with Crippen LogP contribution in [0, 0.1) is 0 Å². The highest BCUT2D eigenvalue weighted by Crippen LogP contribution is 2.26. The molecule has 1 aliphatic heterocycles. The Morgan fingerprint density at radius 2 is 2.12 bits per heavy atom. The Morgan fingerprint density at radius 3 is 2.88 bits per heavy atom. The molecule has 2 aromatic rings. The van der Waals surface area contributed by atoms with E-state index < -0.39 is 10.0 Å². The summed E-state index contributed by atoms with van der Waals surface area (Å²) in [6.45, 7) is 2.82. The van der Waals surface area contributed by atoms with Gasteiger partial charge in [0.25, 0.3) is 0 Å². The molecule has 8 heteroatoms. The van der Waals surface area contributed by atoms with Crippen LogP contribution in [0.5, 0.6) is 5.75 Å². The van der Waals surface area contributed by atoms with Crippen molar-refractivity contribution in [1.29, 1.82) is 0 Å². The van der Waals surface area contributed by atoms with E-state index in [2.05, 4.69) is 20.8 Å². The molecular weight excluding hydrogens is 340 g/mol. The molecule has 1 atom stereocenters. The van der Waals surface area contributed by atoms with E-state index in [0.29, 0.717) is 13.0 Å². The van der Waals surface area contributed by atoms with Crippen LogP contribution in [0.2, 0.25) is 0 Å². The number of nitrogens with zero attached hydrogens (tertiary/aromatic N) is 3. The van der Waals surface area contributed by atoms with E-state index in [9.17, 15) is 8.42 Å². The average molecular weight is 364 g/mol. The Morgan fingerprint density at radius 1 is 1.32 bits per heavy atom. The van der Waals surface area contributed by atoms with Gasteiger partial charge in [0.05, 0.1) is 25.1 Å². The van der Waals surface area contributed by atoms with Gasteiger partial charge in [-0.25, -0.2) is 13.1 Å². The molecule has 0 amide bonds. The molecule has 7 nitrogen and oxygen atoms in total. The summed E-state index contributed by atoms with van der Waals surface area (Å²) in [5.74, 6) is 0.886. The predicted molar refractivity (Wildman–Crippen MR) is 95.8 cm³/mol. The first-order chi connectivity index (χ1) is 12.0. The summed E-state index contributed by atoms with van der Waals surface area (Å²) >= 11 is 0. The first-order valence-corrected chi connectivity index (χ1v) is 10.2. The van der Waals surface area contributed by atoms with Gasteiger partial charge in [0.15, 0.2) is 0 Å². The fraction of sp³-hybridized carbons (Fsp3) is 0.471. The van der Waals surface area contributed by atoms with Gasteiger partial charge in [-0.1, -0.05) is 18.2 Å². The van der Waals surface area contributed by atoms with Crippen LogP contribution in [0.1, 0.15) is 23.7 Å². The summed E-state index contributed by atoms with van der Waals surface area (Å²) in [5, 5.41) is 4.42. The lowest BCUT2D eigenvalue weighted by atomic mass is 10.1. The molecule has 0 bridgehead atoms. The van der Waals surface area contributed by atoms with Gasteiger partial charge in [-0.05, 0) is 18.6 Å². The van der Waals surface area contributed by atoms with E-state index in [1.807, 2.05) is 28.9 Å². The van der Waals surface area contributed by atoms with Crippen molar-refractivity contribution >= 4 is 10.0 Å². The van der Waals surface area contributed by atoms with Crippen LogP contribution >= 0.6 is 0 Å². The van der Waals surface area contributed by atoms with Gasteiger partial charge >= 0.3 is 0 Å². The predicted octanol–water partition coefficient (Wildman–Crippen LogP) is 1.39.